The number of hydrogen-bond acceptors (Lipinski definition) is 3. The van der Waals surface area contributed by atoms with Crippen molar-refractivity contribution in [1.29, 1.82) is 5.26 Å². The second-order valence-electron chi connectivity index (χ2n) is 4.61. The highest BCUT2D eigenvalue weighted by molar-refractivity contribution is 7.92. The van der Waals surface area contributed by atoms with Gasteiger partial charge < -0.3 is 0 Å². The molecule has 2 rings (SSSR count). The van der Waals surface area contributed by atoms with Crippen LogP contribution in [0.4, 0.5) is 10.1 Å². The van der Waals surface area contributed by atoms with Gasteiger partial charge in [-0.05, 0) is 43.7 Å². The lowest BCUT2D eigenvalue weighted by Gasteiger charge is -2.12. The van der Waals surface area contributed by atoms with Crippen LogP contribution in [0.1, 0.15) is 16.7 Å². The summed E-state index contributed by atoms with van der Waals surface area (Å²) in [6.45, 7) is 3.12. The van der Waals surface area contributed by atoms with E-state index < -0.39 is 15.8 Å². The van der Waals surface area contributed by atoms with Crippen LogP contribution in [0.2, 0.25) is 0 Å². The third-order valence-electron chi connectivity index (χ3n) is 3.12. The molecule has 0 aliphatic carbocycles. The van der Waals surface area contributed by atoms with Crippen LogP contribution in [-0.2, 0) is 10.0 Å². The molecule has 2 aromatic rings. The second kappa shape index (κ2) is 5.54. The maximum absolute atomic E-state index is 13.5. The number of rotatable bonds is 3. The molecule has 2 aromatic carbocycles. The number of sulfonamides is 1. The molecule has 0 aliphatic rings. The van der Waals surface area contributed by atoms with Crippen molar-refractivity contribution >= 4 is 15.7 Å². The van der Waals surface area contributed by atoms with Crippen LogP contribution >= 0.6 is 0 Å². The molecule has 108 valence electrons. The molecule has 0 unspecified atom stereocenters. The average Bonchev–Trinajstić information content (AvgIpc) is 2.44. The molecule has 1 N–H and O–H groups in total. The molecule has 0 heterocycles. The monoisotopic (exact) mass is 304 g/mol. The van der Waals surface area contributed by atoms with E-state index in [9.17, 15) is 12.8 Å². The van der Waals surface area contributed by atoms with Gasteiger partial charge in [-0.3, -0.25) is 4.72 Å². The zero-order chi connectivity index (χ0) is 15.6. The van der Waals surface area contributed by atoms with Gasteiger partial charge in [-0.2, -0.15) is 5.26 Å². The van der Waals surface area contributed by atoms with Crippen LogP contribution in [0.3, 0.4) is 0 Å². The van der Waals surface area contributed by atoms with E-state index in [-0.39, 0.29) is 21.7 Å². The van der Waals surface area contributed by atoms with Gasteiger partial charge in [-0.25, -0.2) is 12.8 Å². The van der Waals surface area contributed by atoms with Crippen LogP contribution in [0.5, 0.6) is 0 Å². The average molecular weight is 304 g/mol. The second-order valence-corrected chi connectivity index (χ2v) is 6.26. The third-order valence-corrected chi connectivity index (χ3v) is 4.63. The van der Waals surface area contributed by atoms with Crippen molar-refractivity contribution in [2.45, 2.75) is 18.7 Å². The number of nitrogens with zero attached hydrogens (tertiary/aromatic N) is 1. The fourth-order valence-electron chi connectivity index (χ4n) is 1.88. The van der Waals surface area contributed by atoms with Crippen molar-refractivity contribution in [2.75, 3.05) is 4.72 Å². The molecule has 0 aliphatic heterocycles. The molecular formula is C15H13FN2O2S. The smallest absolute Gasteiger partial charge is 0.262 e. The van der Waals surface area contributed by atoms with E-state index in [2.05, 4.69) is 4.72 Å². The molecular weight excluding hydrogens is 291 g/mol. The molecule has 0 bridgehead atoms. The predicted octanol–water partition coefficient (Wildman–Crippen LogP) is 3.12. The minimum Gasteiger partial charge on any atom is -0.279 e. The van der Waals surface area contributed by atoms with Gasteiger partial charge in [0.2, 0.25) is 0 Å². The fraction of sp³-hybridized carbons (Fsp3) is 0.133. The van der Waals surface area contributed by atoms with Gasteiger partial charge in [-0.1, -0.05) is 12.1 Å². The van der Waals surface area contributed by atoms with Crippen molar-refractivity contribution in [1.82, 2.24) is 0 Å². The van der Waals surface area contributed by atoms with Gasteiger partial charge >= 0.3 is 0 Å². The lowest BCUT2D eigenvalue weighted by Crippen LogP contribution is -2.15. The first-order valence-corrected chi connectivity index (χ1v) is 7.62. The lowest BCUT2D eigenvalue weighted by atomic mass is 10.2. The molecule has 4 nitrogen and oxygen atoms in total. The quantitative estimate of drug-likeness (QED) is 0.947. The lowest BCUT2D eigenvalue weighted by molar-refractivity contribution is 0.600. The van der Waals surface area contributed by atoms with E-state index in [1.165, 1.54) is 31.2 Å². The molecule has 0 aromatic heterocycles. The Balaban J connectivity index is 2.49. The standard InChI is InChI=1S/C15H13FN2O2S/c1-10-6-7-12(9-17)8-15(10)21(19,20)18-14-5-3-4-13(16)11(14)2/h3-8,18H,1-2H3. The Morgan fingerprint density at radius 3 is 2.57 bits per heavy atom. The molecule has 0 atom stereocenters. The highest BCUT2D eigenvalue weighted by atomic mass is 32.2. The number of nitrogens with one attached hydrogen (secondary N) is 1. The summed E-state index contributed by atoms with van der Waals surface area (Å²) in [5.41, 5.74) is 1.15. The van der Waals surface area contributed by atoms with E-state index in [4.69, 9.17) is 5.26 Å². The van der Waals surface area contributed by atoms with Gasteiger partial charge in [0.15, 0.2) is 0 Å². The zero-order valence-corrected chi connectivity index (χ0v) is 12.3. The van der Waals surface area contributed by atoms with Crippen LogP contribution < -0.4 is 4.72 Å². The Bertz CT molecular complexity index is 839. The molecule has 0 spiro atoms. The summed E-state index contributed by atoms with van der Waals surface area (Å²) < 4.78 is 40.7. The largest absolute Gasteiger partial charge is 0.279 e. The number of benzene rings is 2. The Morgan fingerprint density at radius 2 is 1.90 bits per heavy atom. The predicted molar refractivity (Wildman–Crippen MR) is 77.8 cm³/mol. The van der Waals surface area contributed by atoms with E-state index in [1.54, 1.807) is 19.1 Å². The van der Waals surface area contributed by atoms with Gasteiger partial charge in [0, 0.05) is 5.56 Å². The van der Waals surface area contributed by atoms with Crippen LogP contribution in [0.15, 0.2) is 41.3 Å². The van der Waals surface area contributed by atoms with E-state index in [1.807, 2.05) is 6.07 Å². The molecule has 0 radical (unpaired) electrons. The summed E-state index contributed by atoms with van der Waals surface area (Å²) in [4.78, 5) is 0.00483. The first-order valence-electron chi connectivity index (χ1n) is 6.14. The molecule has 0 saturated heterocycles. The number of halogens is 1. The Hall–Kier alpha value is -2.39. The highest BCUT2D eigenvalue weighted by Crippen LogP contribution is 2.23. The summed E-state index contributed by atoms with van der Waals surface area (Å²) in [6.07, 6.45) is 0. The Morgan fingerprint density at radius 1 is 1.19 bits per heavy atom. The van der Waals surface area contributed by atoms with Crippen LogP contribution in [-0.4, -0.2) is 8.42 Å². The van der Waals surface area contributed by atoms with Crippen LogP contribution in [0, 0.1) is 31.0 Å². The van der Waals surface area contributed by atoms with Crippen LogP contribution in [0.25, 0.3) is 0 Å². The molecule has 6 heteroatoms. The number of anilines is 1. The minimum atomic E-state index is -3.88. The van der Waals surface area contributed by atoms with Gasteiger partial charge in [0.05, 0.1) is 22.2 Å². The molecule has 0 fully saturated rings. The van der Waals surface area contributed by atoms with Crippen molar-refractivity contribution in [3.05, 3.63) is 58.9 Å². The summed E-state index contributed by atoms with van der Waals surface area (Å²) >= 11 is 0. The highest BCUT2D eigenvalue weighted by Gasteiger charge is 2.19. The topological polar surface area (TPSA) is 70.0 Å². The third kappa shape index (κ3) is 3.03. The zero-order valence-electron chi connectivity index (χ0n) is 11.5. The van der Waals surface area contributed by atoms with Gasteiger partial charge in [0.1, 0.15) is 5.82 Å². The Labute approximate surface area is 122 Å². The maximum Gasteiger partial charge on any atom is 0.262 e. The number of nitriles is 1. The fourth-order valence-corrected chi connectivity index (χ4v) is 3.27. The summed E-state index contributed by atoms with van der Waals surface area (Å²) in [5, 5.41) is 8.87. The van der Waals surface area contributed by atoms with E-state index >= 15 is 0 Å². The minimum absolute atomic E-state index is 0.00483. The molecule has 0 amide bonds. The molecule has 21 heavy (non-hydrogen) atoms. The van der Waals surface area contributed by atoms with Crippen molar-refractivity contribution in [2.24, 2.45) is 0 Å². The summed E-state index contributed by atoms with van der Waals surface area (Å²) in [6, 6.07) is 10.5. The SMILES string of the molecule is Cc1ccc(C#N)cc1S(=O)(=O)Nc1cccc(F)c1C. The van der Waals surface area contributed by atoms with Crippen molar-refractivity contribution in [3.63, 3.8) is 0 Å². The van der Waals surface area contributed by atoms with Gasteiger partial charge in [0.25, 0.3) is 10.0 Å². The maximum atomic E-state index is 13.5. The van der Waals surface area contributed by atoms with E-state index in [0.29, 0.717) is 5.56 Å². The summed E-state index contributed by atoms with van der Waals surface area (Å²) in [7, 11) is -3.88. The Kier molecular flexibility index (Phi) is 3.96. The van der Waals surface area contributed by atoms with E-state index in [0.717, 1.165) is 0 Å². The number of hydrogen-bond donors (Lipinski definition) is 1. The number of aryl methyl sites for hydroxylation is 1. The van der Waals surface area contributed by atoms with Crippen molar-refractivity contribution in [3.8, 4) is 6.07 Å². The normalized spacial score (nSPS) is 11.0. The molecule has 0 saturated carbocycles. The first-order chi connectivity index (χ1) is 9.85. The van der Waals surface area contributed by atoms with Crippen molar-refractivity contribution < 1.29 is 12.8 Å². The summed E-state index contributed by atoms with van der Waals surface area (Å²) in [5.74, 6) is -0.488. The van der Waals surface area contributed by atoms with Gasteiger partial charge in [-0.15, -0.1) is 0 Å². The first kappa shape index (κ1) is 15.0.